The van der Waals surface area contributed by atoms with E-state index in [4.69, 9.17) is 18.5 Å². The molecule has 0 aromatic heterocycles. The van der Waals surface area contributed by atoms with Crippen molar-refractivity contribution in [2.75, 3.05) is 47.5 Å². The maximum Gasteiger partial charge on any atom is 0.306 e. The molecule has 12 heteroatoms. The van der Waals surface area contributed by atoms with Crippen LogP contribution in [0.2, 0.25) is 0 Å². The number of unbranched alkanes of at least 4 members (excludes halogenated alkanes) is 13. The predicted octanol–water partition coefficient (Wildman–Crippen LogP) is 10.6. The van der Waals surface area contributed by atoms with Crippen LogP contribution in [-0.2, 0) is 32.7 Å². The van der Waals surface area contributed by atoms with Crippen LogP contribution in [-0.4, -0.2) is 92.5 Å². The Morgan fingerprint density at radius 3 is 1.65 bits per heavy atom. The molecule has 348 valence electrons. The average Bonchev–Trinajstić information content (AvgIpc) is 3.19. The van der Waals surface area contributed by atoms with Crippen molar-refractivity contribution in [2.24, 2.45) is 0 Å². The number of rotatable bonds is 41. The molecule has 0 spiro atoms. The highest BCUT2D eigenvalue weighted by molar-refractivity contribution is 7.45. The summed E-state index contributed by atoms with van der Waals surface area (Å²) in [7, 11) is 1.04. The zero-order valence-corrected chi connectivity index (χ0v) is 39.3. The van der Waals surface area contributed by atoms with Crippen molar-refractivity contribution < 1.29 is 52.3 Å². The molecule has 1 unspecified atom stereocenters. The van der Waals surface area contributed by atoms with Crippen LogP contribution in [0.25, 0.3) is 0 Å². The summed E-state index contributed by atoms with van der Waals surface area (Å²) in [6, 6.07) is 0. The predicted molar refractivity (Wildman–Crippen MR) is 243 cm³/mol. The lowest BCUT2D eigenvalue weighted by molar-refractivity contribution is -0.870. The van der Waals surface area contributed by atoms with Gasteiger partial charge in [0, 0.05) is 12.8 Å². The van der Waals surface area contributed by atoms with Gasteiger partial charge in [-0.15, -0.1) is 0 Å². The number of aliphatic hydroxyl groups is 2. The van der Waals surface area contributed by atoms with Crippen LogP contribution in [0.5, 0.6) is 0 Å². The van der Waals surface area contributed by atoms with E-state index in [9.17, 15) is 29.3 Å². The fourth-order valence-electron chi connectivity index (χ4n) is 5.89. The van der Waals surface area contributed by atoms with Gasteiger partial charge in [-0.05, 0) is 83.5 Å². The number of phosphoric acid groups is 1. The molecule has 0 aromatic carbocycles. The highest BCUT2D eigenvalue weighted by Gasteiger charge is 2.22. The van der Waals surface area contributed by atoms with Gasteiger partial charge in [-0.1, -0.05) is 132 Å². The van der Waals surface area contributed by atoms with E-state index in [1.165, 1.54) is 38.5 Å². The van der Waals surface area contributed by atoms with Crippen LogP contribution < -0.4 is 4.89 Å². The summed E-state index contributed by atoms with van der Waals surface area (Å²) in [4.78, 5) is 37.6. The van der Waals surface area contributed by atoms with E-state index in [-0.39, 0.29) is 26.1 Å². The van der Waals surface area contributed by atoms with E-state index in [1.54, 1.807) is 0 Å². The van der Waals surface area contributed by atoms with E-state index in [0.29, 0.717) is 36.7 Å². The topological polar surface area (TPSA) is 152 Å². The molecule has 0 heterocycles. The summed E-state index contributed by atoms with van der Waals surface area (Å²) in [6.07, 6.45) is 39.8. The first-order valence-electron chi connectivity index (χ1n) is 23.2. The third kappa shape index (κ3) is 41.0. The van der Waals surface area contributed by atoms with Crippen molar-refractivity contribution in [3.63, 3.8) is 0 Å². The number of carbonyl (C=O) groups excluding carboxylic acids is 2. The Kier molecular flexibility index (Phi) is 37.9. The largest absolute Gasteiger partial charge is 0.756 e. The molecule has 11 nitrogen and oxygen atoms in total. The summed E-state index contributed by atoms with van der Waals surface area (Å²) in [5.41, 5.74) is 0. The van der Waals surface area contributed by atoms with Crippen LogP contribution in [0.1, 0.15) is 168 Å². The van der Waals surface area contributed by atoms with Gasteiger partial charge >= 0.3 is 11.9 Å². The molecule has 2 N–H and O–H groups in total. The minimum Gasteiger partial charge on any atom is -0.756 e. The second-order valence-corrected chi connectivity index (χ2v) is 18.1. The summed E-state index contributed by atoms with van der Waals surface area (Å²) in [5.74, 6) is -0.987. The Labute approximate surface area is 365 Å². The van der Waals surface area contributed by atoms with E-state index in [0.717, 1.165) is 77.0 Å². The van der Waals surface area contributed by atoms with E-state index >= 15 is 0 Å². The molecule has 0 rings (SSSR count). The van der Waals surface area contributed by atoms with Gasteiger partial charge in [0.05, 0.1) is 40.0 Å². The van der Waals surface area contributed by atoms with Crippen molar-refractivity contribution in [1.29, 1.82) is 0 Å². The molecule has 0 saturated carbocycles. The lowest BCUT2D eigenvalue weighted by atomic mass is 10.0. The summed E-state index contributed by atoms with van der Waals surface area (Å²) < 4.78 is 33.8. The monoisotopic (exact) mass is 868 g/mol. The SMILES string of the molecule is CCCCC/C=C\C/C=C\C/C=C\C/C=C\CCCCCC(=O)OC[C@H](COP(=O)([O-])OCC[N+](C)(C)C)OC(=O)CCCCCCC[C@H](O)[C@@H](O)C/C=C\CCCCC. The Hall–Kier alpha value is -2.37. The Balaban J connectivity index is 4.52. The van der Waals surface area contributed by atoms with E-state index in [1.807, 2.05) is 27.2 Å². The van der Waals surface area contributed by atoms with Gasteiger partial charge in [-0.2, -0.15) is 0 Å². The van der Waals surface area contributed by atoms with Crippen LogP contribution in [0.4, 0.5) is 0 Å². The van der Waals surface area contributed by atoms with Gasteiger partial charge in [0.15, 0.2) is 6.10 Å². The molecule has 0 aliphatic rings. The van der Waals surface area contributed by atoms with Gasteiger partial charge in [-0.3, -0.25) is 14.2 Å². The fraction of sp³-hybridized carbons (Fsp3) is 0.750. The minimum atomic E-state index is -4.68. The van der Waals surface area contributed by atoms with Crippen LogP contribution in [0.15, 0.2) is 60.8 Å². The number of hydrogen-bond donors (Lipinski definition) is 2. The molecule has 4 atom stereocenters. The highest BCUT2D eigenvalue weighted by Crippen LogP contribution is 2.38. The first kappa shape index (κ1) is 57.6. The number of ether oxygens (including phenoxy) is 2. The maximum absolute atomic E-state index is 12.7. The molecule has 0 fully saturated rings. The molecule has 0 saturated heterocycles. The summed E-state index contributed by atoms with van der Waals surface area (Å²) in [5, 5.41) is 20.5. The quantitative estimate of drug-likeness (QED) is 0.0200. The number of phosphoric ester groups is 1. The van der Waals surface area contributed by atoms with Crippen molar-refractivity contribution in [1.82, 2.24) is 0 Å². The zero-order valence-electron chi connectivity index (χ0n) is 38.4. The molecule has 0 radical (unpaired) electrons. The maximum atomic E-state index is 12.7. The minimum absolute atomic E-state index is 0.0673. The lowest BCUT2D eigenvalue weighted by Gasteiger charge is -2.28. The second-order valence-electron chi connectivity index (χ2n) is 16.7. The number of aliphatic hydroxyl groups excluding tert-OH is 2. The number of hydrogen-bond acceptors (Lipinski definition) is 10. The number of nitrogens with zero attached hydrogens (tertiary/aromatic N) is 1. The van der Waals surface area contributed by atoms with Gasteiger partial charge in [0.25, 0.3) is 7.82 Å². The Morgan fingerprint density at radius 2 is 1.08 bits per heavy atom. The lowest BCUT2D eigenvalue weighted by Crippen LogP contribution is -2.37. The molecular weight excluding hydrogens is 781 g/mol. The van der Waals surface area contributed by atoms with E-state index < -0.39 is 44.7 Å². The molecular formula is C48H86NO10P. The van der Waals surface area contributed by atoms with Gasteiger partial charge in [-0.25, -0.2) is 0 Å². The van der Waals surface area contributed by atoms with Crippen molar-refractivity contribution in [2.45, 2.75) is 186 Å². The zero-order chi connectivity index (χ0) is 44.6. The molecule has 0 amide bonds. The van der Waals surface area contributed by atoms with Crippen molar-refractivity contribution in [3.05, 3.63) is 60.8 Å². The smallest absolute Gasteiger partial charge is 0.306 e. The van der Waals surface area contributed by atoms with Gasteiger partial charge in [0.2, 0.25) is 0 Å². The molecule has 60 heavy (non-hydrogen) atoms. The first-order chi connectivity index (χ1) is 28.8. The third-order valence-electron chi connectivity index (χ3n) is 9.71. The van der Waals surface area contributed by atoms with Crippen molar-refractivity contribution in [3.8, 4) is 0 Å². The van der Waals surface area contributed by atoms with Gasteiger partial charge in [0.1, 0.15) is 19.8 Å². The second kappa shape index (κ2) is 39.5. The van der Waals surface area contributed by atoms with E-state index in [2.05, 4.69) is 68.5 Å². The van der Waals surface area contributed by atoms with Gasteiger partial charge < -0.3 is 38.1 Å². The Bertz CT molecular complexity index is 1240. The number of quaternary nitrogens is 1. The third-order valence-corrected chi connectivity index (χ3v) is 10.7. The fourth-order valence-corrected chi connectivity index (χ4v) is 6.62. The molecule has 0 bridgehead atoms. The average molecular weight is 868 g/mol. The number of allylic oxidation sites excluding steroid dienone is 9. The van der Waals surface area contributed by atoms with Crippen molar-refractivity contribution >= 4 is 19.8 Å². The molecule has 0 aliphatic heterocycles. The molecule has 0 aliphatic carbocycles. The number of esters is 2. The van der Waals surface area contributed by atoms with Crippen LogP contribution >= 0.6 is 7.82 Å². The highest BCUT2D eigenvalue weighted by atomic mass is 31.2. The number of likely N-dealkylation sites (N-methyl/N-ethyl adjacent to an activating group) is 1. The Morgan fingerprint density at radius 1 is 0.600 bits per heavy atom. The van der Waals surface area contributed by atoms with Crippen LogP contribution in [0, 0.1) is 0 Å². The summed E-state index contributed by atoms with van der Waals surface area (Å²) in [6.45, 7) is 3.91. The number of carbonyl (C=O) groups is 2. The first-order valence-corrected chi connectivity index (χ1v) is 24.6. The summed E-state index contributed by atoms with van der Waals surface area (Å²) >= 11 is 0. The normalized spacial score (nSPS) is 15.1. The van der Waals surface area contributed by atoms with Crippen LogP contribution in [0.3, 0.4) is 0 Å². The standard InChI is InChI=1S/C48H86NO10P/c1-6-8-10-12-14-15-16-17-18-19-20-21-22-23-24-25-26-30-34-38-47(52)56-42-44(43-58-60(54,55)57-41-40-49(3,4)5)59-48(53)39-35-31-27-29-33-37-46(51)45(50)36-32-28-13-11-9-7-2/h14-15,17-18,20-21,23-24,28,32,44-46,50-51H,6-13,16,19,22,25-27,29-31,33-43H2,1-5H3/b15-14-,18-17-,21-20-,24-23-,32-28-/t44-,45+,46+/m1/s1. The molecule has 0 aromatic rings.